The van der Waals surface area contributed by atoms with Crippen LogP contribution in [0.1, 0.15) is 25.3 Å². The van der Waals surface area contributed by atoms with Crippen molar-refractivity contribution in [2.75, 3.05) is 7.11 Å². The maximum atomic E-state index is 9.29. The average Bonchev–Trinajstić information content (AvgIpc) is 2.60. The summed E-state index contributed by atoms with van der Waals surface area (Å²) < 4.78 is 5.46. The number of hydrogen-bond acceptors (Lipinski definition) is 3. The van der Waals surface area contributed by atoms with Gasteiger partial charge in [0.15, 0.2) is 0 Å². The summed E-state index contributed by atoms with van der Waals surface area (Å²) in [7, 11) is 0.258. The van der Waals surface area contributed by atoms with Crippen molar-refractivity contribution in [3.8, 4) is 16.9 Å². The summed E-state index contributed by atoms with van der Waals surface area (Å²) in [5.74, 6) is 1.30. The second-order valence-corrected chi connectivity index (χ2v) is 6.31. The van der Waals surface area contributed by atoms with Crippen molar-refractivity contribution in [2.24, 2.45) is 0 Å². The standard InChI is InChI=1S/C20H21BO3/c1-13(2)19-12-17(7-9-20(19)24-3)14-4-5-16-11-18(21(22)23)8-6-15(16)10-14/h4-13,22-23H,1-3H3. The van der Waals surface area contributed by atoms with Crippen molar-refractivity contribution in [1.82, 2.24) is 0 Å². The molecule has 0 saturated heterocycles. The van der Waals surface area contributed by atoms with Gasteiger partial charge in [0.2, 0.25) is 0 Å². The molecule has 0 aliphatic carbocycles. The summed E-state index contributed by atoms with van der Waals surface area (Å²) >= 11 is 0. The first-order chi connectivity index (χ1) is 11.5. The second-order valence-electron chi connectivity index (χ2n) is 6.31. The highest BCUT2D eigenvalue weighted by Gasteiger charge is 2.12. The van der Waals surface area contributed by atoms with Crippen molar-refractivity contribution in [3.05, 3.63) is 60.2 Å². The van der Waals surface area contributed by atoms with Crippen LogP contribution in [-0.4, -0.2) is 24.3 Å². The van der Waals surface area contributed by atoms with Crippen molar-refractivity contribution in [3.63, 3.8) is 0 Å². The molecule has 3 nitrogen and oxygen atoms in total. The third kappa shape index (κ3) is 3.16. The van der Waals surface area contributed by atoms with E-state index in [0.717, 1.165) is 27.6 Å². The zero-order chi connectivity index (χ0) is 17.3. The summed E-state index contributed by atoms with van der Waals surface area (Å²) in [5, 5.41) is 20.6. The molecular formula is C20H21BO3. The van der Waals surface area contributed by atoms with Gasteiger partial charge in [0.05, 0.1) is 7.11 Å². The van der Waals surface area contributed by atoms with E-state index in [1.54, 1.807) is 19.2 Å². The van der Waals surface area contributed by atoms with Crippen LogP contribution in [0.4, 0.5) is 0 Å². The highest BCUT2D eigenvalue weighted by atomic mass is 16.5. The first kappa shape index (κ1) is 16.6. The molecule has 0 radical (unpaired) electrons. The largest absolute Gasteiger partial charge is 0.496 e. The Balaban J connectivity index is 2.06. The summed E-state index contributed by atoms with van der Waals surface area (Å²) in [6.07, 6.45) is 0. The zero-order valence-corrected chi connectivity index (χ0v) is 14.2. The van der Waals surface area contributed by atoms with Gasteiger partial charge in [-0.1, -0.05) is 50.2 Å². The minimum Gasteiger partial charge on any atom is -0.496 e. The fourth-order valence-electron chi connectivity index (χ4n) is 2.97. The van der Waals surface area contributed by atoms with Gasteiger partial charge in [0, 0.05) is 0 Å². The molecule has 4 heteroatoms. The molecule has 0 amide bonds. The molecule has 122 valence electrons. The van der Waals surface area contributed by atoms with Crippen LogP contribution in [-0.2, 0) is 0 Å². The zero-order valence-electron chi connectivity index (χ0n) is 14.2. The average molecular weight is 320 g/mol. The van der Waals surface area contributed by atoms with Gasteiger partial charge in [-0.2, -0.15) is 0 Å². The van der Waals surface area contributed by atoms with Gasteiger partial charge < -0.3 is 14.8 Å². The highest BCUT2D eigenvalue weighted by Crippen LogP contribution is 2.32. The van der Waals surface area contributed by atoms with Gasteiger partial charge in [-0.15, -0.1) is 0 Å². The van der Waals surface area contributed by atoms with E-state index in [1.807, 2.05) is 18.2 Å². The third-order valence-electron chi connectivity index (χ3n) is 4.35. The van der Waals surface area contributed by atoms with Crippen molar-refractivity contribution in [1.29, 1.82) is 0 Å². The second kappa shape index (κ2) is 6.67. The molecule has 0 spiro atoms. The lowest BCUT2D eigenvalue weighted by atomic mass is 9.79. The van der Waals surface area contributed by atoms with Crippen LogP contribution in [0.2, 0.25) is 0 Å². The lowest BCUT2D eigenvalue weighted by Gasteiger charge is -2.14. The normalized spacial score (nSPS) is 11.1. The molecule has 3 rings (SSSR count). The molecule has 0 aliphatic heterocycles. The summed E-state index contributed by atoms with van der Waals surface area (Å²) in [5.41, 5.74) is 3.97. The van der Waals surface area contributed by atoms with Crippen LogP contribution < -0.4 is 10.2 Å². The molecule has 0 atom stereocenters. The van der Waals surface area contributed by atoms with Crippen molar-refractivity contribution >= 4 is 23.4 Å². The molecule has 3 aromatic rings. The molecule has 24 heavy (non-hydrogen) atoms. The van der Waals surface area contributed by atoms with Crippen LogP contribution in [0.5, 0.6) is 5.75 Å². The molecule has 0 saturated carbocycles. The Morgan fingerprint density at radius 2 is 1.46 bits per heavy atom. The molecule has 0 aromatic heterocycles. The number of benzene rings is 3. The van der Waals surface area contributed by atoms with Gasteiger partial charge in [-0.25, -0.2) is 0 Å². The van der Waals surface area contributed by atoms with Crippen LogP contribution in [0.3, 0.4) is 0 Å². The van der Waals surface area contributed by atoms with E-state index in [9.17, 15) is 10.0 Å². The van der Waals surface area contributed by atoms with Gasteiger partial charge in [-0.3, -0.25) is 0 Å². The SMILES string of the molecule is COc1ccc(-c2ccc3cc(B(O)O)ccc3c2)cc1C(C)C. The molecule has 0 fully saturated rings. The predicted molar refractivity (Wildman–Crippen MR) is 99.9 cm³/mol. The van der Waals surface area contributed by atoms with E-state index in [2.05, 4.69) is 38.1 Å². The van der Waals surface area contributed by atoms with Gasteiger partial charge >= 0.3 is 7.12 Å². The lowest BCUT2D eigenvalue weighted by Crippen LogP contribution is -2.29. The lowest BCUT2D eigenvalue weighted by molar-refractivity contribution is 0.407. The Morgan fingerprint density at radius 3 is 2.12 bits per heavy atom. The number of hydrogen-bond donors (Lipinski definition) is 2. The smallest absolute Gasteiger partial charge is 0.488 e. The Kier molecular flexibility index (Phi) is 4.61. The molecular weight excluding hydrogens is 299 g/mol. The first-order valence-electron chi connectivity index (χ1n) is 8.07. The minimum absolute atomic E-state index is 0.383. The fourth-order valence-corrected chi connectivity index (χ4v) is 2.97. The maximum Gasteiger partial charge on any atom is 0.488 e. The Bertz CT molecular complexity index is 872. The van der Waals surface area contributed by atoms with Gasteiger partial charge in [-0.05, 0) is 57.0 Å². The minimum atomic E-state index is -1.44. The molecule has 0 heterocycles. The van der Waals surface area contributed by atoms with Gasteiger partial charge in [0.25, 0.3) is 0 Å². The third-order valence-corrected chi connectivity index (χ3v) is 4.35. The van der Waals surface area contributed by atoms with Crippen molar-refractivity contribution < 1.29 is 14.8 Å². The van der Waals surface area contributed by atoms with Crippen molar-refractivity contribution in [2.45, 2.75) is 19.8 Å². The van der Waals surface area contributed by atoms with Crippen LogP contribution in [0, 0.1) is 0 Å². The van der Waals surface area contributed by atoms with Crippen LogP contribution >= 0.6 is 0 Å². The maximum absolute atomic E-state index is 9.29. The van der Waals surface area contributed by atoms with E-state index in [1.165, 1.54) is 5.56 Å². The summed E-state index contributed by atoms with van der Waals surface area (Å²) in [6.45, 7) is 4.31. The fraction of sp³-hybridized carbons (Fsp3) is 0.200. The Hall–Kier alpha value is -2.30. The number of methoxy groups -OCH3 is 1. The molecule has 0 aliphatic rings. The first-order valence-corrected chi connectivity index (χ1v) is 8.07. The molecule has 3 aromatic carbocycles. The highest BCUT2D eigenvalue weighted by molar-refractivity contribution is 6.58. The Morgan fingerprint density at radius 1 is 0.833 bits per heavy atom. The van der Waals surface area contributed by atoms with Crippen LogP contribution in [0.15, 0.2) is 54.6 Å². The van der Waals surface area contributed by atoms with Crippen LogP contribution in [0.25, 0.3) is 21.9 Å². The van der Waals surface area contributed by atoms with E-state index in [4.69, 9.17) is 4.74 Å². The number of fused-ring (bicyclic) bond motifs is 1. The molecule has 0 unspecified atom stereocenters. The monoisotopic (exact) mass is 320 g/mol. The molecule has 2 N–H and O–H groups in total. The topological polar surface area (TPSA) is 49.7 Å². The molecule has 0 bridgehead atoms. The quantitative estimate of drug-likeness (QED) is 0.725. The summed E-state index contributed by atoms with van der Waals surface area (Å²) in [4.78, 5) is 0. The van der Waals surface area contributed by atoms with E-state index in [0.29, 0.717) is 11.4 Å². The van der Waals surface area contributed by atoms with E-state index in [-0.39, 0.29) is 0 Å². The van der Waals surface area contributed by atoms with Gasteiger partial charge in [0.1, 0.15) is 5.75 Å². The number of rotatable bonds is 4. The predicted octanol–water partition coefficient (Wildman–Crippen LogP) is 3.32. The number of ether oxygens (including phenoxy) is 1. The van der Waals surface area contributed by atoms with E-state index >= 15 is 0 Å². The summed E-state index contributed by atoms with van der Waals surface area (Å²) in [6, 6.07) is 17.9. The Labute approximate surface area is 142 Å². The van der Waals surface area contributed by atoms with E-state index < -0.39 is 7.12 Å².